The first-order valence-electron chi connectivity index (χ1n) is 7.65. The third kappa shape index (κ3) is 2.86. The van der Waals surface area contributed by atoms with Crippen LogP contribution in [0.2, 0.25) is 5.15 Å². The molecule has 122 valence electrons. The maximum atomic E-state index is 10.1. The van der Waals surface area contributed by atoms with Crippen molar-refractivity contribution in [2.75, 3.05) is 5.43 Å². The van der Waals surface area contributed by atoms with Crippen LogP contribution >= 0.6 is 11.6 Å². The number of phenolic OH excluding ortho intramolecular Hbond substituents is 1. The molecule has 1 heterocycles. The second-order valence-corrected chi connectivity index (χ2v) is 5.83. The summed E-state index contributed by atoms with van der Waals surface area (Å²) in [7, 11) is 0. The lowest BCUT2D eigenvalue weighted by molar-refractivity contribution is 0.475. The Kier molecular flexibility index (Phi) is 3.91. The average molecular weight is 349 g/mol. The first-order chi connectivity index (χ1) is 12.2. The van der Waals surface area contributed by atoms with E-state index in [9.17, 15) is 5.11 Å². The molecule has 2 N–H and O–H groups in total. The van der Waals surface area contributed by atoms with Crippen LogP contribution in [-0.4, -0.2) is 21.5 Å². The van der Waals surface area contributed by atoms with Crippen LogP contribution in [0.4, 0.5) is 5.82 Å². The quantitative estimate of drug-likeness (QED) is 0.419. The molecule has 0 radical (unpaired) electrons. The summed E-state index contributed by atoms with van der Waals surface area (Å²) in [6.07, 6.45) is 1.57. The van der Waals surface area contributed by atoms with Crippen molar-refractivity contribution in [1.82, 2.24) is 10.2 Å². The highest BCUT2D eigenvalue weighted by Crippen LogP contribution is 2.27. The molecule has 0 aliphatic carbocycles. The van der Waals surface area contributed by atoms with Crippen molar-refractivity contribution in [3.63, 3.8) is 0 Å². The van der Waals surface area contributed by atoms with Gasteiger partial charge in [-0.25, -0.2) is 0 Å². The fraction of sp³-hybridized carbons (Fsp3) is 0. The lowest BCUT2D eigenvalue weighted by Gasteiger charge is -2.06. The van der Waals surface area contributed by atoms with Crippen LogP contribution in [0.15, 0.2) is 65.8 Å². The normalized spacial score (nSPS) is 11.4. The van der Waals surface area contributed by atoms with Crippen molar-refractivity contribution < 1.29 is 5.11 Å². The standard InChI is InChI=1S/C19H13ClN4O/c20-18-14-7-3-4-8-15(14)19(24-22-18)23-21-11-16-13-6-2-1-5-12(13)9-10-17(16)25/h1-11,25H,(H,23,24)/b21-11+. The summed E-state index contributed by atoms with van der Waals surface area (Å²) in [6, 6.07) is 18.9. The van der Waals surface area contributed by atoms with E-state index in [0.29, 0.717) is 16.5 Å². The third-order valence-electron chi connectivity index (χ3n) is 3.95. The molecule has 1 aromatic heterocycles. The van der Waals surface area contributed by atoms with Crippen LogP contribution in [-0.2, 0) is 0 Å². The van der Waals surface area contributed by atoms with Gasteiger partial charge >= 0.3 is 0 Å². The molecule has 0 saturated heterocycles. The largest absolute Gasteiger partial charge is 0.507 e. The number of phenols is 1. The van der Waals surface area contributed by atoms with Gasteiger partial charge in [0.15, 0.2) is 11.0 Å². The van der Waals surface area contributed by atoms with Gasteiger partial charge in [-0.2, -0.15) is 5.10 Å². The smallest absolute Gasteiger partial charge is 0.176 e. The Balaban J connectivity index is 1.71. The van der Waals surface area contributed by atoms with Gasteiger partial charge in [0.05, 0.1) is 6.21 Å². The highest BCUT2D eigenvalue weighted by atomic mass is 35.5. The molecular formula is C19H13ClN4O. The molecule has 0 aliphatic heterocycles. The van der Waals surface area contributed by atoms with Crippen LogP contribution in [0.1, 0.15) is 5.56 Å². The van der Waals surface area contributed by atoms with Crippen LogP contribution in [0.3, 0.4) is 0 Å². The number of hydrogen-bond donors (Lipinski definition) is 2. The fourth-order valence-corrected chi connectivity index (χ4v) is 2.93. The number of nitrogens with one attached hydrogen (secondary N) is 1. The number of fused-ring (bicyclic) bond motifs is 2. The number of aromatic hydroxyl groups is 1. The Morgan fingerprint density at radius 2 is 1.60 bits per heavy atom. The second-order valence-electron chi connectivity index (χ2n) is 5.47. The Morgan fingerprint density at radius 1 is 0.880 bits per heavy atom. The molecule has 0 atom stereocenters. The number of aromatic nitrogens is 2. The highest BCUT2D eigenvalue weighted by Gasteiger charge is 2.07. The minimum atomic E-state index is 0.163. The number of hydrogen-bond acceptors (Lipinski definition) is 5. The van der Waals surface area contributed by atoms with Gasteiger partial charge in [0, 0.05) is 16.3 Å². The van der Waals surface area contributed by atoms with E-state index in [2.05, 4.69) is 20.7 Å². The zero-order valence-electron chi connectivity index (χ0n) is 13.0. The van der Waals surface area contributed by atoms with E-state index >= 15 is 0 Å². The van der Waals surface area contributed by atoms with E-state index in [1.807, 2.05) is 54.6 Å². The van der Waals surface area contributed by atoms with Crippen LogP contribution in [0.5, 0.6) is 5.75 Å². The summed E-state index contributed by atoms with van der Waals surface area (Å²) < 4.78 is 0. The van der Waals surface area contributed by atoms with Gasteiger partial charge in [0.1, 0.15) is 5.75 Å². The molecule has 6 heteroatoms. The maximum absolute atomic E-state index is 10.1. The van der Waals surface area contributed by atoms with E-state index in [4.69, 9.17) is 11.6 Å². The van der Waals surface area contributed by atoms with Crippen molar-refractivity contribution in [1.29, 1.82) is 0 Å². The molecule has 3 aromatic carbocycles. The topological polar surface area (TPSA) is 70.4 Å². The lowest BCUT2D eigenvalue weighted by Crippen LogP contribution is -1.98. The Morgan fingerprint density at radius 3 is 2.44 bits per heavy atom. The Hall–Kier alpha value is -3.18. The first-order valence-corrected chi connectivity index (χ1v) is 8.02. The number of rotatable bonds is 3. The number of hydrazone groups is 1. The molecule has 4 aromatic rings. The summed E-state index contributed by atoms with van der Waals surface area (Å²) in [4.78, 5) is 0. The van der Waals surface area contributed by atoms with Crippen molar-refractivity contribution in [2.45, 2.75) is 0 Å². The zero-order valence-corrected chi connectivity index (χ0v) is 13.8. The van der Waals surface area contributed by atoms with Crippen molar-refractivity contribution >= 4 is 45.2 Å². The minimum Gasteiger partial charge on any atom is -0.507 e. The van der Waals surface area contributed by atoms with E-state index in [-0.39, 0.29) is 5.75 Å². The van der Waals surface area contributed by atoms with E-state index < -0.39 is 0 Å². The van der Waals surface area contributed by atoms with E-state index in [1.54, 1.807) is 12.3 Å². The third-order valence-corrected chi connectivity index (χ3v) is 4.23. The van der Waals surface area contributed by atoms with Gasteiger partial charge < -0.3 is 5.11 Å². The highest BCUT2D eigenvalue weighted by molar-refractivity contribution is 6.34. The molecule has 5 nitrogen and oxygen atoms in total. The zero-order chi connectivity index (χ0) is 17.2. The van der Waals surface area contributed by atoms with E-state index in [1.165, 1.54) is 0 Å². The minimum absolute atomic E-state index is 0.163. The molecule has 0 saturated carbocycles. The van der Waals surface area contributed by atoms with Crippen molar-refractivity contribution in [3.8, 4) is 5.75 Å². The van der Waals surface area contributed by atoms with Gasteiger partial charge in [-0.3, -0.25) is 5.43 Å². The number of nitrogens with zero attached hydrogens (tertiary/aromatic N) is 3. The molecule has 0 amide bonds. The molecule has 0 spiro atoms. The van der Waals surface area contributed by atoms with Gasteiger partial charge in [0.25, 0.3) is 0 Å². The Bertz CT molecular complexity index is 1110. The van der Waals surface area contributed by atoms with Gasteiger partial charge in [-0.15, -0.1) is 10.2 Å². The van der Waals surface area contributed by atoms with Crippen molar-refractivity contribution in [3.05, 3.63) is 71.4 Å². The van der Waals surface area contributed by atoms with Crippen LogP contribution in [0.25, 0.3) is 21.5 Å². The van der Waals surface area contributed by atoms with Gasteiger partial charge in [0.2, 0.25) is 0 Å². The molecule has 0 bridgehead atoms. The van der Waals surface area contributed by atoms with E-state index in [0.717, 1.165) is 21.5 Å². The fourth-order valence-electron chi connectivity index (χ4n) is 2.73. The van der Waals surface area contributed by atoms with Gasteiger partial charge in [-0.05, 0) is 16.8 Å². The molecule has 4 rings (SSSR count). The predicted octanol–water partition coefficient (Wildman–Crippen LogP) is 4.59. The SMILES string of the molecule is Oc1ccc2ccccc2c1/C=N/Nc1nnc(Cl)c2ccccc12. The first kappa shape index (κ1) is 15.4. The molecule has 0 unspecified atom stereocenters. The molecule has 25 heavy (non-hydrogen) atoms. The second kappa shape index (κ2) is 6.37. The summed E-state index contributed by atoms with van der Waals surface area (Å²) in [5.41, 5.74) is 3.52. The molecule has 0 aliphatic rings. The maximum Gasteiger partial charge on any atom is 0.176 e. The summed E-state index contributed by atoms with van der Waals surface area (Å²) >= 11 is 6.07. The lowest BCUT2D eigenvalue weighted by atomic mass is 10.0. The summed E-state index contributed by atoms with van der Waals surface area (Å²) in [5, 5.41) is 26.3. The monoisotopic (exact) mass is 348 g/mol. The molecule has 0 fully saturated rings. The summed E-state index contributed by atoms with van der Waals surface area (Å²) in [6.45, 7) is 0. The van der Waals surface area contributed by atoms with Crippen LogP contribution < -0.4 is 5.43 Å². The number of anilines is 1. The van der Waals surface area contributed by atoms with Gasteiger partial charge in [-0.1, -0.05) is 66.2 Å². The Labute approximate surface area is 148 Å². The number of benzene rings is 3. The predicted molar refractivity (Wildman–Crippen MR) is 101 cm³/mol. The average Bonchev–Trinajstić information content (AvgIpc) is 2.65. The van der Waals surface area contributed by atoms with Crippen LogP contribution in [0, 0.1) is 0 Å². The summed E-state index contributed by atoms with van der Waals surface area (Å²) in [5.74, 6) is 0.660. The molecular weight excluding hydrogens is 336 g/mol. The van der Waals surface area contributed by atoms with Crippen molar-refractivity contribution in [2.24, 2.45) is 5.10 Å². The number of halogens is 1.